The van der Waals surface area contributed by atoms with E-state index in [0.29, 0.717) is 16.5 Å². The van der Waals surface area contributed by atoms with Crippen LogP contribution in [0.25, 0.3) is 38.1 Å². The lowest BCUT2D eigenvalue weighted by atomic mass is 10.2. The standard InChI is InChI=1S/C16H8BrN5OS/c17-11-5-10(7-18-8-11)15-21-22-14(19-20-16(22)24-15)13-6-9-3-1-2-4-12(9)23-13/h1-8H. The minimum atomic E-state index is 0.589. The Kier molecular flexibility index (Phi) is 3.00. The summed E-state index contributed by atoms with van der Waals surface area (Å²) in [7, 11) is 0. The van der Waals surface area contributed by atoms with Gasteiger partial charge in [0.15, 0.2) is 5.76 Å². The summed E-state index contributed by atoms with van der Waals surface area (Å²) in [5, 5.41) is 14.9. The highest BCUT2D eigenvalue weighted by Gasteiger charge is 2.17. The van der Waals surface area contributed by atoms with E-state index in [1.165, 1.54) is 11.3 Å². The second-order valence-corrected chi connectivity index (χ2v) is 7.04. The van der Waals surface area contributed by atoms with Crippen LogP contribution in [-0.4, -0.2) is 24.8 Å². The third kappa shape index (κ3) is 2.15. The first kappa shape index (κ1) is 13.8. The van der Waals surface area contributed by atoms with Crippen molar-refractivity contribution >= 4 is 43.2 Å². The van der Waals surface area contributed by atoms with Gasteiger partial charge in [0, 0.05) is 27.8 Å². The van der Waals surface area contributed by atoms with Gasteiger partial charge in [0.2, 0.25) is 10.8 Å². The molecule has 0 fully saturated rings. The number of hydrogen-bond acceptors (Lipinski definition) is 6. The van der Waals surface area contributed by atoms with E-state index < -0.39 is 0 Å². The van der Waals surface area contributed by atoms with Crippen LogP contribution in [0.3, 0.4) is 0 Å². The zero-order chi connectivity index (χ0) is 16.1. The molecule has 0 bridgehead atoms. The number of para-hydroxylation sites is 1. The van der Waals surface area contributed by atoms with Crippen LogP contribution in [0.5, 0.6) is 0 Å². The molecule has 0 spiro atoms. The average molecular weight is 398 g/mol. The molecule has 1 aromatic carbocycles. The Balaban J connectivity index is 1.67. The topological polar surface area (TPSA) is 69.1 Å². The molecular formula is C16H8BrN5OS. The Morgan fingerprint density at radius 3 is 2.88 bits per heavy atom. The maximum Gasteiger partial charge on any atom is 0.235 e. The van der Waals surface area contributed by atoms with Crippen LogP contribution in [0.2, 0.25) is 0 Å². The lowest BCUT2D eigenvalue weighted by molar-refractivity contribution is 0.622. The maximum atomic E-state index is 5.88. The van der Waals surface area contributed by atoms with Gasteiger partial charge in [-0.15, -0.1) is 10.2 Å². The third-order valence-corrected chi connectivity index (χ3v) is 4.97. The molecule has 5 rings (SSSR count). The van der Waals surface area contributed by atoms with Crippen LogP contribution in [0.1, 0.15) is 0 Å². The normalized spacial score (nSPS) is 11.5. The highest BCUT2D eigenvalue weighted by Crippen LogP contribution is 2.31. The first-order valence-corrected chi connectivity index (χ1v) is 8.71. The molecule has 0 aliphatic rings. The van der Waals surface area contributed by atoms with E-state index in [0.717, 1.165) is 26.0 Å². The molecular weight excluding hydrogens is 390 g/mol. The molecule has 6 nitrogen and oxygen atoms in total. The highest BCUT2D eigenvalue weighted by molar-refractivity contribution is 9.10. The molecule has 24 heavy (non-hydrogen) atoms. The van der Waals surface area contributed by atoms with Crippen molar-refractivity contribution in [2.24, 2.45) is 0 Å². The second kappa shape index (κ2) is 5.22. The van der Waals surface area contributed by atoms with Gasteiger partial charge < -0.3 is 4.42 Å². The van der Waals surface area contributed by atoms with Crippen LogP contribution < -0.4 is 0 Å². The van der Waals surface area contributed by atoms with E-state index in [1.807, 2.05) is 36.4 Å². The van der Waals surface area contributed by atoms with Crippen molar-refractivity contribution in [2.45, 2.75) is 0 Å². The van der Waals surface area contributed by atoms with E-state index in [9.17, 15) is 0 Å². The summed E-state index contributed by atoms with van der Waals surface area (Å²) in [4.78, 5) is 4.89. The SMILES string of the molecule is Brc1cncc(-c2nn3c(-c4cc5ccccc5o4)nnc3s2)c1. The fourth-order valence-electron chi connectivity index (χ4n) is 2.51. The van der Waals surface area contributed by atoms with Gasteiger partial charge in [0.25, 0.3) is 0 Å². The largest absolute Gasteiger partial charge is 0.453 e. The smallest absolute Gasteiger partial charge is 0.235 e. The number of benzene rings is 1. The first-order valence-electron chi connectivity index (χ1n) is 7.10. The number of nitrogens with zero attached hydrogens (tertiary/aromatic N) is 5. The minimum absolute atomic E-state index is 0.589. The van der Waals surface area contributed by atoms with Crippen molar-refractivity contribution in [1.82, 2.24) is 24.8 Å². The predicted octanol–water partition coefficient (Wildman–Crippen LogP) is 4.42. The van der Waals surface area contributed by atoms with Gasteiger partial charge >= 0.3 is 0 Å². The monoisotopic (exact) mass is 397 g/mol. The third-order valence-electron chi connectivity index (χ3n) is 3.59. The van der Waals surface area contributed by atoms with Crippen molar-refractivity contribution in [2.75, 3.05) is 0 Å². The van der Waals surface area contributed by atoms with Gasteiger partial charge in [-0.05, 0) is 34.1 Å². The van der Waals surface area contributed by atoms with Crippen molar-refractivity contribution in [3.05, 3.63) is 53.3 Å². The van der Waals surface area contributed by atoms with Crippen LogP contribution >= 0.6 is 27.3 Å². The number of halogens is 1. The summed E-state index contributed by atoms with van der Waals surface area (Å²) in [5.41, 5.74) is 1.74. The Morgan fingerprint density at radius 1 is 1.08 bits per heavy atom. The van der Waals surface area contributed by atoms with Crippen LogP contribution in [0.4, 0.5) is 0 Å². The van der Waals surface area contributed by atoms with Crippen molar-refractivity contribution < 1.29 is 4.42 Å². The van der Waals surface area contributed by atoms with E-state index in [-0.39, 0.29) is 0 Å². The Hall–Kier alpha value is -2.58. The molecule has 0 unspecified atom stereocenters. The number of furan rings is 1. The van der Waals surface area contributed by atoms with Gasteiger partial charge in [0.1, 0.15) is 10.6 Å². The molecule has 0 amide bonds. The van der Waals surface area contributed by atoms with Crippen LogP contribution in [0, 0.1) is 0 Å². The number of fused-ring (bicyclic) bond motifs is 2. The van der Waals surface area contributed by atoms with E-state index in [4.69, 9.17) is 4.42 Å². The van der Waals surface area contributed by atoms with E-state index >= 15 is 0 Å². The maximum absolute atomic E-state index is 5.88. The van der Waals surface area contributed by atoms with Gasteiger partial charge in [-0.25, -0.2) is 0 Å². The molecule has 0 aliphatic heterocycles. The van der Waals surface area contributed by atoms with Gasteiger partial charge in [0.05, 0.1) is 0 Å². The molecule has 116 valence electrons. The number of aromatic nitrogens is 5. The second-order valence-electron chi connectivity index (χ2n) is 5.17. The number of hydrogen-bond donors (Lipinski definition) is 0. The average Bonchev–Trinajstić information content (AvgIpc) is 3.27. The number of pyridine rings is 1. The molecule has 0 radical (unpaired) electrons. The summed E-state index contributed by atoms with van der Waals surface area (Å²) >= 11 is 4.89. The summed E-state index contributed by atoms with van der Waals surface area (Å²) < 4.78 is 8.49. The molecule has 0 saturated carbocycles. The molecule has 4 heterocycles. The van der Waals surface area contributed by atoms with E-state index in [2.05, 4.69) is 36.2 Å². The summed E-state index contributed by atoms with van der Waals surface area (Å²) in [6.07, 6.45) is 3.51. The van der Waals surface area contributed by atoms with Crippen molar-refractivity contribution in [3.8, 4) is 22.2 Å². The van der Waals surface area contributed by atoms with Crippen LogP contribution in [0.15, 0.2) is 57.7 Å². The van der Waals surface area contributed by atoms with Crippen molar-refractivity contribution in [3.63, 3.8) is 0 Å². The summed E-state index contributed by atoms with van der Waals surface area (Å²) in [5.74, 6) is 1.24. The predicted molar refractivity (Wildman–Crippen MR) is 94.8 cm³/mol. The minimum Gasteiger partial charge on any atom is -0.453 e. The van der Waals surface area contributed by atoms with Crippen molar-refractivity contribution in [1.29, 1.82) is 0 Å². The van der Waals surface area contributed by atoms with E-state index in [1.54, 1.807) is 16.9 Å². The zero-order valence-corrected chi connectivity index (χ0v) is 14.5. The lowest BCUT2D eigenvalue weighted by Gasteiger charge is -1.95. The Bertz CT molecular complexity index is 1160. The molecule has 5 aromatic rings. The molecule has 0 saturated heterocycles. The first-order chi connectivity index (χ1) is 11.8. The Morgan fingerprint density at radius 2 is 2.00 bits per heavy atom. The quantitative estimate of drug-likeness (QED) is 0.440. The molecule has 8 heteroatoms. The van der Waals surface area contributed by atoms with Gasteiger partial charge in [-0.1, -0.05) is 29.5 Å². The highest BCUT2D eigenvalue weighted by atomic mass is 79.9. The van der Waals surface area contributed by atoms with Gasteiger partial charge in [-0.2, -0.15) is 9.61 Å². The molecule has 4 aromatic heterocycles. The summed E-state index contributed by atoms with van der Waals surface area (Å²) in [6, 6.07) is 11.8. The lowest BCUT2D eigenvalue weighted by Crippen LogP contribution is -1.89. The fourth-order valence-corrected chi connectivity index (χ4v) is 3.69. The van der Waals surface area contributed by atoms with Gasteiger partial charge in [-0.3, -0.25) is 4.98 Å². The number of rotatable bonds is 2. The van der Waals surface area contributed by atoms with Crippen LogP contribution in [-0.2, 0) is 0 Å². The summed E-state index contributed by atoms with van der Waals surface area (Å²) in [6.45, 7) is 0. The molecule has 0 aliphatic carbocycles. The Labute approximate surface area is 147 Å². The molecule has 0 atom stereocenters. The fraction of sp³-hybridized carbons (Fsp3) is 0. The molecule has 0 N–H and O–H groups in total. The zero-order valence-electron chi connectivity index (χ0n) is 12.0.